The van der Waals surface area contributed by atoms with Gasteiger partial charge in [0.1, 0.15) is 18.4 Å². The van der Waals surface area contributed by atoms with Gasteiger partial charge >= 0.3 is 11.5 Å². The second-order valence-electron chi connectivity index (χ2n) is 9.57. The number of rotatable bonds is 9. The molecule has 0 aliphatic carbocycles. The Morgan fingerprint density at radius 3 is 2.52 bits per heavy atom. The standard InChI is InChI=1S/C31H31N5O6/c1-5-18-8-7-9-20(16-18)24-23(17(3)33-28(32)25(24)31(40)42-15-14-41-4)29(38)34-21-12-10-19(11-13-21)26-22(6-2)27(37)30(39)36-35-26/h1,7-13,16,24-25H,6,14-15H2,2-4H3,(H2,32,33)(H,34,38)(H,35,37)(H,36,39). The molecule has 3 aromatic rings. The zero-order valence-electron chi connectivity index (χ0n) is 23.4. The fourth-order valence-corrected chi connectivity index (χ4v) is 4.95. The van der Waals surface area contributed by atoms with Crippen LogP contribution in [0.15, 0.2) is 74.4 Å². The number of benzene rings is 2. The molecule has 0 saturated carbocycles. The topological polar surface area (TPSA) is 169 Å². The Labute approximate surface area is 241 Å². The van der Waals surface area contributed by atoms with Gasteiger partial charge in [0.2, 0.25) is 5.43 Å². The van der Waals surface area contributed by atoms with Crippen LogP contribution in [0, 0.1) is 18.3 Å². The number of terminal acetylenes is 1. The molecular formula is C31H31N5O6. The van der Waals surface area contributed by atoms with E-state index in [1.54, 1.807) is 62.4 Å². The summed E-state index contributed by atoms with van der Waals surface area (Å²) in [6.45, 7) is 3.63. The Bertz CT molecular complexity index is 1730. The normalized spacial score (nSPS) is 16.4. The van der Waals surface area contributed by atoms with Crippen molar-refractivity contribution in [3.05, 3.63) is 97.1 Å². The van der Waals surface area contributed by atoms with Gasteiger partial charge in [-0.1, -0.05) is 37.1 Å². The summed E-state index contributed by atoms with van der Waals surface area (Å²) in [5.74, 6) is -0.443. The molecule has 4 rings (SSSR count). The minimum atomic E-state index is -1.08. The number of nitrogens with zero attached hydrogens (tertiary/aromatic N) is 1. The zero-order chi connectivity index (χ0) is 30.4. The molecule has 11 nitrogen and oxygen atoms in total. The van der Waals surface area contributed by atoms with Crippen LogP contribution < -0.4 is 22.0 Å². The molecule has 0 radical (unpaired) electrons. The number of hydrogen-bond donors (Lipinski definition) is 4. The van der Waals surface area contributed by atoms with Crippen LogP contribution in [-0.2, 0) is 25.5 Å². The van der Waals surface area contributed by atoms with E-state index in [-0.39, 0.29) is 24.6 Å². The van der Waals surface area contributed by atoms with E-state index in [0.29, 0.717) is 45.8 Å². The smallest absolute Gasteiger partial charge is 0.317 e. The molecule has 11 heteroatoms. The summed E-state index contributed by atoms with van der Waals surface area (Å²) in [6.07, 6.45) is 5.99. The number of H-pyrrole nitrogens is 2. The Kier molecular flexibility index (Phi) is 9.19. The Morgan fingerprint density at radius 2 is 1.86 bits per heavy atom. The summed E-state index contributed by atoms with van der Waals surface area (Å²) < 4.78 is 10.4. The van der Waals surface area contributed by atoms with Crippen molar-refractivity contribution in [3.63, 3.8) is 0 Å². The number of hydrogen-bond acceptors (Lipinski definition) is 8. The number of ether oxygens (including phenoxy) is 2. The van der Waals surface area contributed by atoms with Crippen molar-refractivity contribution in [2.75, 3.05) is 25.6 Å². The third-order valence-electron chi connectivity index (χ3n) is 6.96. The van der Waals surface area contributed by atoms with Crippen LogP contribution in [0.4, 0.5) is 5.69 Å². The van der Waals surface area contributed by atoms with E-state index < -0.39 is 34.7 Å². The number of aromatic nitrogens is 2. The highest BCUT2D eigenvalue weighted by atomic mass is 16.6. The minimum Gasteiger partial charge on any atom is -0.463 e. The average Bonchev–Trinajstić information content (AvgIpc) is 2.98. The Morgan fingerprint density at radius 1 is 1.12 bits per heavy atom. The number of nitrogens with one attached hydrogen (secondary N) is 3. The van der Waals surface area contributed by atoms with E-state index in [9.17, 15) is 19.2 Å². The highest BCUT2D eigenvalue weighted by molar-refractivity contribution is 6.11. The van der Waals surface area contributed by atoms with E-state index in [2.05, 4.69) is 26.4 Å². The van der Waals surface area contributed by atoms with E-state index in [1.165, 1.54) is 7.11 Å². The number of allylic oxidation sites excluding steroid dienone is 1. The molecule has 0 saturated heterocycles. The molecule has 2 aromatic carbocycles. The maximum absolute atomic E-state index is 13.8. The summed E-state index contributed by atoms with van der Waals surface area (Å²) in [4.78, 5) is 55.4. The number of amidine groups is 1. The van der Waals surface area contributed by atoms with Gasteiger partial charge in [-0.25, -0.2) is 4.99 Å². The van der Waals surface area contributed by atoms with Crippen molar-refractivity contribution in [2.24, 2.45) is 16.6 Å². The third-order valence-corrected chi connectivity index (χ3v) is 6.96. The van der Waals surface area contributed by atoms with Gasteiger partial charge in [0.15, 0.2) is 0 Å². The Balaban J connectivity index is 1.69. The van der Waals surface area contributed by atoms with Crippen molar-refractivity contribution in [1.82, 2.24) is 10.2 Å². The number of nitrogens with two attached hydrogens (primary N) is 1. The first-order valence-electron chi connectivity index (χ1n) is 13.2. The van der Waals surface area contributed by atoms with Gasteiger partial charge in [-0.2, -0.15) is 0 Å². The predicted octanol–water partition coefficient (Wildman–Crippen LogP) is 2.45. The van der Waals surface area contributed by atoms with Gasteiger partial charge in [0.25, 0.3) is 5.91 Å². The van der Waals surface area contributed by atoms with E-state index in [1.807, 2.05) is 0 Å². The van der Waals surface area contributed by atoms with E-state index in [0.717, 1.165) is 0 Å². The molecule has 216 valence electrons. The number of aromatic amines is 2. The summed E-state index contributed by atoms with van der Waals surface area (Å²) in [5, 5.41) is 8.00. The van der Waals surface area contributed by atoms with Gasteiger partial charge in [-0.05, 0) is 48.7 Å². The van der Waals surface area contributed by atoms with Crippen LogP contribution >= 0.6 is 0 Å². The van der Waals surface area contributed by atoms with Crippen LogP contribution in [0.2, 0.25) is 0 Å². The lowest BCUT2D eigenvalue weighted by Crippen LogP contribution is -2.42. The van der Waals surface area contributed by atoms with E-state index in [4.69, 9.17) is 21.6 Å². The second kappa shape index (κ2) is 13.0. The fourth-order valence-electron chi connectivity index (χ4n) is 4.95. The number of carbonyl (C=O) groups excluding carboxylic acids is 2. The van der Waals surface area contributed by atoms with Gasteiger partial charge in [0, 0.05) is 41.1 Å². The second-order valence-corrected chi connectivity index (χ2v) is 9.57. The van der Waals surface area contributed by atoms with Gasteiger partial charge in [0.05, 0.1) is 12.3 Å². The lowest BCUT2D eigenvalue weighted by molar-refractivity contribution is -0.147. The molecule has 2 heterocycles. The maximum atomic E-state index is 13.8. The van der Waals surface area contributed by atoms with Crippen LogP contribution in [0.1, 0.15) is 36.5 Å². The quantitative estimate of drug-likeness (QED) is 0.133. The van der Waals surface area contributed by atoms with Crippen molar-refractivity contribution >= 4 is 23.4 Å². The lowest BCUT2D eigenvalue weighted by Gasteiger charge is -2.31. The maximum Gasteiger partial charge on any atom is 0.317 e. The van der Waals surface area contributed by atoms with Crippen molar-refractivity contribution in [1.29, 1.82) is 0 Å². The largest absolute Gasteiger partial charge is 0.463 e. The number of esters is 1. The number of aliphatic imine (C=N–C) groups is 1. The molecule has 5 N–H and O–H groups in total. The molecule has 42 heavy (non-hydrogen) atoms. The number of methoxy groups -OCH3 is 1. The van der Waals surface area contributed by atoms with E-state index >= 15 is 0 Å². The molecule has 2 atom stereocenters. The summed E-state index contributed by atoms with van der Waals surface area (Å²) in [7, 11) is 1.49. The lowest BCUT2D eigenvalue weighted by atomic mass is 9.76. The van der Waals surface area contributed by atoms with Crippen LogP contribution in [0.5, 0.6) is 0 Å². The first kappa shape index (κ1) is 29.8. The molecule has 1 aliphatic heterocycles. The number of anilines is 1. The molecule has 2 unspecified atom stereocenters. The Hall–Kier alpha value is -5.21. The first-order valence-corrected chi connectivity index (χ1v) is 13.2. The molecule has 0 bridgehead atoms. The van der Waals surface area contributed by atoms with Crippen molar-refractivity contribution in [3.8, 4) is 23.6 Å². The summed E-state index contributed by atoms with van der Waals surface area (Å²) >= 11 is 0. The molecule has 0 spiro atoms. The molecule has 1 aliphatic rings. The summed E-state index contributed by atoms with van der Waals surface area (Å²) in [5.41, 5.74) is 8.63. The van der Waals surface area contributed by atoms with Gasteiger partial charge in [-0.3, -0.25) is 29.4 Å². The third kappa shape index (κ3) is 6.09. The predicted molar refractivity (Wildman–Crippen MR) is 159 cm³/mol. The highest BCUT2D eigenvalue weighted by Gasteiger charge is 2.42. The van der Waals surface area contributed by atoms with Gasteiger partial charge in [-0.15, -0.1) is 6.42 Å². The molecular weight excluding hydrogens is 538 g/mol. The summed E-state index contributed by atoms with van der Waals surface area (Å²) in [6, 6.07) is 13.7. The monoisotopic (exact) mass is 569 g/mol. The first-order chi connectivity index (χ1) is 20.2. The van der Waals surface area contributed by atoms with Crippen LogP contribution in [0.25, 0.3) is 11.3 Å². The number of amides is 1. The zero-order valence-corrected chi connectivity index (χ0v) is 23.4. The van der Waals surface area contributed by atoms with Crippen LogP contribution in [0.3, 0.4) is 0 Å². The average molecular weight is 570 g/mol. The molecule has 1 aromatic heterocycles. The highest BCUT2D eigenvalue weighted by Crippen LogP contribution is 2.39. The number of carbonyl (C=O) groups is 2. The SMILES string of the molecule is C#Cc1cccc(C2C(C(=O)Nc3ccc(-c4[nH][nH]c(=O)c(=O)c4CC)cc3)=C(C)N=C(N)C2C(=O)OCCOC)c1. The van der Waals surface area contributed by atoms with Crippen molar-refractivity contribution < 1.29 is 19.1 Å². The fraction of sp³-hybridized carbons (Fsp3) is 0.258. The van der Waals surface area contributed by atoms with Crippen molar-refractivity contribution in [2.45, 2.75) is 26.2 Å². The van der Waals surface area contributed by atoms with Crippen LogP contribution in [-0.4, -0.2) is 48.2 Å². The minimum absolute atomic E-state index is 0.00706. The molecule has 1 amide bonds. The molecule has 0 fully saturated rings. The van der Waals surface area contributed by atoms with Gasteiger partial charge < -0.3 is 20.5 Å².